The second-order valence-electron chi connectivity index (χ2n) is 2.08. The summed E-state index contributed by atoms with van der Waals surface area (Å²) in [5.74, 6) is -1.62. The van der Waals surface area contributed by atoms with E-state index in [1.165, 1.54) is 0 Å². The van der Waals surface area contributed by atoms with Crippen LogP contribution in [0.3, 0.4) is 0 Å². The fourth-order valence-electron chi connectivity index (χ4n) is 0.495. The molecule has 0 radical (unpaired) electrons. The van der Waals surface area contributed by atoms with E-state index in [4.69, 9.17) is 10.2 Å². The van der Waals surface area contributed by atoms with Crippen molar-refractivity contribution in [2.24, 2.45) is 0 Å². The highest BCUT2D eigenvalue weighted by Crippen LogP contribution is 1.88. The van der Waals surface area contributed by atoms with E-state index in [9.17, 15) is 13.2 Å². The molecule has 0 spiro atoms. The van der Waals surface area contributed by atoms with E-state index in [1.807, 2.05) is 4.72 Å². The predicted octanol–water partition coefficient (Wildman–Crippen LogP) is -1.63. The number of carboxylic acids is 1. The van der Waals surface area contributed by atoms with Gasteiger partial charge in [-0.05, 0) is 0 Å². The SMILES string of the molecule is O=C(O)CCS(=O)(=O)NCCO. The van der Waals surface area contributed by atoms with Crippen LogP contribution >= 0.6 is 0 Å². The smallest absolute Gasteiger partial charge is 0.304 e. The molecular weight excluding hydrogens is 186 g/mol. The summed E-state index contributed by atoms with van der Waals surface area (Å²) in [6, 6.07) is 0. The zero-order valence-electron chi connectivity index (χ0n) is 6.36. The van der Waals surface area contributed by atoms with E-state index in [-0.39, 0.29) is 13.2 Å². The van der Waals surface area contributed by atoms with Crippen molar-refractivity contribution in [3.63, 3.8) is 0 Å². The van der Waals surface area contributed by atoms with E-state index in [1.54, 1.807) is 0 Å². The van der Waals surface area contributed by atoms with Gasteiger partial charge in [0.05, 0.1) is 18.8 Å². The first kappa shape index (κ1) is 11.3. The number of aliphatic hydroxyl groups is 1. The van der Waals surface area contributed by atoms with Gasteiger partial charge >= 0.3 is 5.97 Å². The number of hydrogen-bond donors (Lipinski definition) is 3. The van der Waals surface area contributed by atoms with E-state index >= 15 is 0 Å². The highest BCUT2D eigenvalue weighted by Gasteiger charge is 2.10. The molecule has 6 nitrogen and oxygen atoms in total. The Balaban J connectivity index is 3.80. The summed E-state index contributed by atoms with van der Waals surface area (Å²) in [5.41, 5.74) is 0. The molecule has 0 saturated carbocycles. The summed E-state index contributed by atoms with van der Waals surface area (Å²) in [6.07, 6.45) is -0.430. The molecule has 72 valence electrons. The van der Waals surface area contributed by atoms with Gasteiger partial charge in [0, 0.05) is 6.54 Å². The quantitative estimate of drug-likeness (QED) is 0.474. The molecule has 0 atom stereocenters. The van der Waals surface area contributed by atoms with Crippen molar-refractivity contribution in [2.45, 2.75) is 6.42 Å². The van der Waals surface area contributed by atoms with Crippen LogP contribution in [0, 0.1) is 0 Å². The van der Waals surface area contributed by atoms with Gasteiger partial charge in [0.25, 0.3) is 0 Å². The molecule has 0 aromatic heterocycles. The highest BCUT2D eigenvalue weighted by molar-refractivity contribution is 7.89. The van der Waals surface area contributed by atoms with Crippen LogP contribution in [0.5, 0.6) is 0 Å². The number of nitrogens with one attached hydrogen (secondary N) is 1. The van der Waals surface area contributed by atoms with Gasteiger partial charge in [0.1, 0.15) is 0 Å². The molecule has 3 N–H and O–H groups in total. The normalized spacial score (nSPS) is 11.4. The lowest BCUT2D eigenvalue weighted by atomic mass is 10.5. The molecule has 0 unspecified atom stereocenters. The van der Waals surface area contributed by atoms with Crippen molar-refractivity contribution >= 4 is 16.0 Å². The average Bonchev–Trinajstić information content (AvgIpc) is 1.98. The maximum Gasteiger partial charge on any atom is 0.304 e. The zero-order valence-corrected chi connectivity index (χ0v) is 7.17. The number of hydrogen-bond acceptors (Lipinski definition) is 4. The summed E-state index contributed by atoms with van der Waals surface area (Å²) < 4.78 is 23.6. The van der Waals surface area contributed by atoms with Gasteiger partial charge in [0.2, 0.25) is 10.0 Å². The first-order chi connectivity index (χ1) is 5.48. The topological polar surface area (TPSA) is 104 Å². The summed E-state index contributed by atoms with van der Waals surface area (Å²) in [7, 11) is -3.53. The van der Waals surface area contributed by atoms with Crippen LogP contribution in [-0.2, 0) is 14.8 Å². The minimum atomic E-state index is -3.53. The van der Waals surface area contributed by atoms with Crippen LogP contribution in [0.15, 0.2) is 0 Å². The molecule has 0 bridgehead atoms. The molecule has 0 aliphatic rings. The minimum absolute atomic E-state index is 0.0814. The van der Waals surface area contributed by atoms with Gasteiger partial charge in [-0.25, -0.2) is 13.1 Å². The number of aliphatic carboxylic acids is 1. The van der Waals surface area contributed by atoms with E-state index < -0.39 is 28.2 Å². The second kappa shape index (κ2) is 5.07. The monoisotopic (exact) mass is 197 g/mol. The molecule has 0 aliphatic carbocycles. The number of rotatable bonds is 6. The van der Waals surface area contributed by atoms with E-state index in [0.717, 1.165) is 0 Å². The van der Waals surface area contributed by atoms with Gasteiger partial charge < -0.3 is 10.2 Å². The summed E-state index contributed by atoms with van der Waals surface area (Å²) in [6.45, 7) is -0.381. The van der Waals surface area contributed by atoms with Crippen LogP contribution in [0.4, 0.5) is 0 Å². The van der Waals surface area contributed by atoms with Crippen LogP contribution in [0.2, 0.25) is 0 Å². The van der Waals surface area contributed by atoms with Gasteiger partial charge in [-0.2, -0.15) is 0 Å². The van der Waals surface area contributed by atoms with Crippen LogP contribution in [-0.4, -0.2) is 43.5 Å². The molecule has 0 aromatic rings. The molecule has 0 heterocycles. The molecule has 12 heavy (non-hydrogen) atoms. The van der Waals surface area contributed by atoms with E-state index in [0.29, 0.717) is 0 Å². The molecule has 7 heteroatoms. The number of carboxylic acid groups (broad SMARTS) is 1. The molecule has 0 aliphatic heterocycles. The summed E-state index contributed by atoms with van der Waals surface area (Å²) in [4.78, 5) is 9.98. The second-order valence-corrected chi connectivity index (χ2v) is 4.01. The zero-order chi connectivity index (χ0) is 9.61. The van der Waals surface area contributed by atoms with Gasteiger partial charge in [-0.3, -0.25) is 4.79 Å². The average molecular weight is 197 g/mol. The van der Waals surface area contributed by atoms with Gasteiger partial charge in [0.15, 0.2) is 0 Å². The highest BCUT2D eigenvalue weighted by atomic mass is 32.2. The molecular formula is C5H11NO5S. The maximum absolute atomic E-state index is 10.8. The Bertz CT molecular complexity index is 234. The maximum atomic E-state index is 10.8. The lowest BCUT2D eigenvalue weighted by Crippen LogP contribution is -2.29. The lowest BCUT2D eigenvalue weighted by Gasteiger charge is -2.02. The molecule has 0 aromatic carbocycles. The lowest BCUT2D eigenvalue weighted by molar-refractivity contribution is -0.136. The first-order valence-corrected chi connectivity index (χ1v) is 4.93. The summed E-state index contributed by atoms with van der Waals surface area (Å²) >= 11 is 0. The van der Waals surface area contributed by atoms with Gasteiger partial charge in [-0.15, -0.1) is 0 Å². The molecule has 0 rings (SSSR count). The Kier molecular flexibility index (Phi) is 4.79. The van der Waals surface area contributed by atoms with Gasteiger partial charge in [-0.1, -0.05) is 0 Å². The van der Waals surface area contributed by atoms with Crippen LogP contribution in [0.25, 0.3) is 0 Å². The minimum Gasteiger partial charge on any atom is -0.481 e. The Morgan fingerprint density at radius 1 is 1.42 bits per heavy atom. The Hall–Kier alpha value is -0.660. The molecule has 0 amide bonds. The van der Waals surface area contributed by atoms with Crippen molar-refractivity contribution in [3.05, 3.63) is 0 Å². The first-order valence-electron chi connectivity index (χ1n) is 3.28. The summed E-state index contributed by atoms with van der Waals surface area (Å²) in [5, 5.41) is 16.4. The van der Waals surface area contributed by atoms with E-state index in [2.05, 4.69) is 0 Å². The number of sulfonamides is 1. The van der Waals surface area contributed by atoms with Crippen LogP contribution in [0.1, 0.15) is 6.42 Å². The number of aliphatic hydroxyl groups excluding tert-OH is 1. The van der Waals surface area contributed by atoms with Crippen molar-refractivity contribution in [3.8, 4) is 0 Å². The van der Waals surface area contributed by atoms with Crippen LogP contribution < -0.4 is 4.72 Å². The van der Waals surface area contributed by atoms with Crippen molar-refractivity contribution in [1.29, 1.82) is 0 Å². The largest absolute Gasteiger partial charge is 0.481 e. The third-order valence-electron chi connectivity index (χ3n) is 1.02. The Morgan fingerprint density at radius 3 is 2.42 bits per heavy atom. The Morgan fingerprint density at radius 2 is 2.00 bits per heavy atom. The Labute approximate surface area is 70.3 Å². The molecule has 0 fully saturated rings. The molecule has 0 saturated heterocycles. The van der Waals surface area contributed by atoms with Crippen molar-refractivity contribution < 1.29 is 23.4 Å². The van der Waals surface area contributed by atoms with Crippen molar-refractivity contribution in [1.82, 2.24) is 4.72 Å². The predicted molar refractivity (Wildman–Crippen MR) is 41.1 cm³/mol. The fraction of sp³-hybridized carbons (Fsp3) is 0.800. The fourth-order valence-corrected chi connectivity index (χ4v) is 1.48. The standard InChI is InChI=1S/C5H11NO5S/c7-3-2-6-12(10,11)4-1-5(8)9/h6-7H,1-4H2,(H,8,9). The third kappa shape index (κ3) is 6.08. The third-order valence-corrected chi connectivity index (χ3v) is 2.40. The van der Waals surface area contributed by atoms with Crippen molar-refractivity contribution in [2.75, 3.05) is 18.9 Å². The number of carbonyl (C=O) groups is 1.